The highest BCUT2D eigenvalue weighted by Crippen LogP contribution is 2.15. The second-order valence-corrected chi connectivity index (χ2v) is 3.95. The molecule has 15 heavy (non-hydrogen) atoms. The summed E-state index contributed by atoms with van der Waals surface area (Å²) in [5.74, 6) is 0. The van der Waals surface area contributed by atoms with E-state index in [2.05, 4.69) is 18.3 Å². The highest BCUT2D eigenvalue weighted by Gasteiger charge is 2.31. The van der Waals surface area contributed by atoms with Gasteiger partial charge in [0.25, 0.3) is 0 Å². The lowest BCUT2D eigenvalue weighted by atomic mass is 10.2. The smallest absolute Gasteiger partial charge is 0.309 e. The Morgan fingerprint density at radius 3 is 2.47 bits per heavy atom. The van der Waals surface area contributed by atoms with Crippen LogP contribution in [-0.4, -0.2) is 30.8 Å². The molecule has 0 aromatic heterocycles. The number of rotatable bonds is 2. The van der Waals surface area contributed by atoms with Crippen LogP contribution in [0.1, 0.15) is 5.56 Å². The third-order valence-electron chi connectivity index (χ3n) is 2.87. The summed E-state index contributed by atoms with van der Waals surface area (Å²) in [6.07, 6.45) is 2.42. The highest BCUT2D eigenvalue weighted by molar-refractivity contribution is 5.13. The second-order valence-electron chi connectivity index (χ2n) is 3.95. The molecule has 0 spiro atoms. The molecule has 0 N–H and O–H groups in total. The van der Waals surface area contributed by atoms with Crippen LogP contribution in [0.25, 0.3) is 0 Å². The normalized spacial score (nSPS) is 19.4. The van der Waals surface area contributed by atoms with Crippen molar-refractivity contribution >= 4 is 0 Å². The van der Waals surface area contributed by atoms with E-state index in [4.69, 9.17) is 4.74 Å². The van der Waals surface area contributed by atoms with Gasteiger partial charge in [0.2, 0.25) is 0 Å². The van der Waals surface area contributed by atoms with Gasteiger partial charge in [-0.25, -0.2) is 4.48 Å². The average Bonchev–Trinajstić information content (AvgIpc) is 2.32. The number of nitrogens with zero attached hydrogens (tertiary/aromatic N) is 2. The van der Waals surface area contributed by atoms with Gasteiger partial charge in [0.15, 0.2) is 0 Å². The summed E-state index contributed by atoms with van der Waals surface area (Å²) < 4.78 is 5.79. The Bertz CT molecular complexity index is 350. The van der Waals surface area contributed by atoms with Gasteiger partial charge in [-0.05, 0) is 0 Å². The van der Waals surface area contributed by atoms with E-state index < -0.39 is 0 Å². The van der Waals surface area contributed by atoms with Crippen LogP contribution in [-0.2, 0) is 11.3 Å². The number of quaternary nitrogens is 1. The van der Waals surface area contributed by atoms with Crippen LogP contribution >= 0.6 is 0 Å². The highest BCUT2D eigenvalue weighted by atomic mass is 16.5. The van der Waals surface area contributed by atoms with E-state index in [9.17, 15) is 5.26 Å². The molecular weight excluding hydrogens is 188 g/mol. The van der Waals surface area contributed by atoms with Crippen molar-refractivity contribution < 1.29 is 9.22 Å². The minimum Gasteiger partial charge on any atom is -0.370 e. The summed E-state index contributed by atoms with van der Waals surface area (Å²) in [5, 5.41) is 9.27. The molecule has 3 nitrogen and oxygen atoms in total. The molecule has 0 amide bonds. The van der Waals surface area contributed by atoms with Gasteiger partial charge < -0.3 is 4.74 Å². The van der Waals surface area contributed by atoms with Gasteiger partial charge in [-0.3, -0.25) is 0 Å². The quantitative estimate of drug-likeness (QED) is 0.539. The van der Waals surface area contributed by atoms with Crippen LogP contribution in [0.3, 0.4) is 0 Å². The number of hydrogen-bond acceptors (Lipinski definition) is 2. The van der Waals surface area contributed by atoms with Crippen LogP contribution in [0.4, 0.5) is 0 Å². The molecule has 1 aliphatic rings. The van der Waals surface area contributed by atoms with Crippen LogP contribution in [0, 0.1) is 11.5 Å². The maximum Gasteiger partial charge on any atom is 0.309 e. The zero-order valence-corrected chi connectivity index (χ0v) is 8.72. The standard InChI is InChI=1S/C12H15N2O/c13-11-14(6-8-15-9-7-14)10-12-4-2-1-3-5-12/h1-5H,6-10H2/q+1. The van der Waals surface area contributed by atoms with Crippen LogP contribution in [0.5, 0.6) is 0 Å². The van der Waals surface area contributed by atoms with Crippen molar-refractivity contribution in [2.24, 2.45) is 0 Å². The van der Waals surface area contributed by atoms with E-state index in [-0.39, 0.29) is 0 Å². The number of morpholine rings is 1. The molecule has 1 saturated heterocycles. The summed E-state index contributed by atoms with van der Waals surface area (Å²) in [7, 11) is 0. The van der Waals surface area contributed by atoms with Gasteiger partial charge in [0.1, 0.15) is 19.6 Å². The van der Waals surface area contributed by atoms with Crippen LogP contribution in [0.2, 0.25) is 0 Å². The summed E-state index contributed by atoms with van der Waals surface area (Å²) >= 11 is 0. The molecule has 0 aliphatic carbocycles. The molecule has 1 aromatic rings. The Morgan fingerprint density at radius 2 is 1.87 bits per heavy atom. The molecule has 78 valence electrons. The Balaban J connectivity index is 2.12. The molecule has 1 fully saturated rings. The molecule has 0 saturated carbocycles. The van der Waals surface area contributed by atoms with E-state index >= 15 is 0 Å². The van der Waals surface area contributed by atoms with Gasteiger partial charge in [-0.2, -0.15) is 0 Å². The Kier molecular flexibility index (Phi) is 3.00. The zero-order valence-electron chi connectivity index (χ0n) is 8.72. The Hall–Kier alpha value is -1.37. The van der Waals surface area contributed by atoms with E-state index in [0.29, 0.717) is 17.7 Å². The predicted octanol–water partition coefficient (Wildman–Crippen LogP) is 1.51. The molecular formula is C12H15N2O+. The van der Waals surface area contributed by atoms with E-state index in [1.165, 1.54) is 5.56 Å². The lowest BCUT2D eigenvalue weighted by Gasteiger charge is -2.32. The van der Waals surface area contributed by atoms with Crippen molar-refractivity contribution in [3.63, 3.8) is 0 Å². The predicted molar refractivity (Wildman–Crippen MR) is 56.6 cm³/mol. The Labute approximate surface area is 90.1 Å². The van der Waals surface area contributed by atoms with Crippen molar-refractivity contribution in [3.05, 3.63) is 35.9 Å². The largest absolute Gasteiger partial charge is 0.370 e. The maximum atomic E-state index is 9.27. The van der Waals surface area contributed by atoms with E-state index in [1.807, 2.05) is 18.2 Å². The third kappa shape index (κ3) is 2.35. The van der Waals surface area contributed by atoms with Gasteiger partial charge in [-0.15, -0.1) is 5.26 Å². The lowest BCUT2D eigenvalue weighted by Crippen LogP contribution is -2.50. The van der Waals surface area contributed by atoms with Gasteiger partial charge in [0.05, 0.1) is 13.2 Å². The lowest BCUT2D eigenvalue weighted by molar-refractivity contribution is -0.887. The van der Waals surface area contributed by atoms with Crippen molar-refractivity contribution in [3.8, 4) is 6.19 Å². The van der Waals surface area contributed by atoms with Crippen LogP contribution < -0.4 is 0 Å². The minimum absolute atomic E-state index is 0.490. The van der Waals surface area contributed by atoms with Gasteiger partial charge >= 0.3 is 6.19 Å². The first-order valence-corrected chi connectivity index (χ1v) is 5.24. The fourth-order valence-electron chi connectivity index (χ4n) is 1.92. The summed E-state index contributed by atoms with van der Waals surface area (Å²) in [6.45, 7) is 3.78. The van der Waals surface area contributed by atoms with Crippen LogP contribution in [0.15, 0.2) is 30.3 Å². The molecule has 2 rings (SSSR count). The first-order valence-electron chi connectivity index (χ1n) is 5.24. The third-order valence-corrected chi connectivity index (χ3v) is 2.87. The Morgan fingerprint density at radius 1 is 1.20 bits per heavy atom. The molecule has 3 heteroatoms. The molecule has 0 unspecified atom stereocenters. The number of ether oxygens (including phenoxy) is 1. The minimum atomic E-state index is 0.490. The number of benzene rings is 1. The molecule has 0 atom stereocenters. The van der Waals surface area contributed by atoms with E-state index in [1.54, 1.807) is 0 Å². The van der Waals surface area contributed by atoms with Crippen molar-refractivity contribution in [2.45, 2.75) is 6.54 Å². The fourth-order valence-corrected chi connectivity index (χ4v) is 1.92. The average molecular weight is 203 g/mol. The SMILES string of the molecule is N#C[N+]1(Cc2ccccc2)CCOCC1. The number of nitriles is 1. The second kappa shape index (κ2) is 4.43. The summed E-state index contributed by atoms with van der Waals surface area (Å²) in [4.78, 5) is 0. The van der Waals surface area contributed by atoms with Crippen molar-refractivity contribution in [1.29, 1.82) is 5.26 Å². The van der Waals surface area contributed by atoms with Crippen molar-refractivity contribution in [1.82, 2.24) is 0 Å². The summed E-state index contributed by atoms with van der Waals surface area (Å²) in [6, 6.07) is 10.2. The molecule has 0 bridgehead atoms. The topological polar surface area (TPSA) is 33.0 Å². The summed E-state index contributed by atoms with van der Waals surface area (Å²) in [5.41, 5.74) is 1.22. The first-order chi connectivity index (χ1) is 7.35. The molecule has 1 heterocycles. The fraction of sp³-hybridized carbons (Fsp3) is 0.417. The monoisotopic (exact) mass is 203 g/mol. The number of hydrogen-bond donors (Lipinski definition) is 0. The first kappa shape index (κ1) is 10.2. The molecule has 0 radical (unpaired) electrons. The van der Waals surface area contributed by atoms with Gasteiger partial charge in [0, 0.05) is 5.56 Å². The molecule has 1 aromatic carbocycles. The molecule has 1 aliphatic heterocycles. The van der Waals surface area contributed by atoms with Crippen molar-refractivity contribution in [2.75, 3.05) is 26.3 Å². The van der Waals surface area contributed by atoms with Gasteiger partial charge in [-0.1, -0.05) is 30.3 Å². The maximum absolute atomic E-state index is 9.27. The zero-order chi connectivity index (χ0) is 10.6. The van der Waals surface area contributed by atoms with E-state index in [0.717, 1.165) is 19.6 Å².